The maximum Gasteiger partial charge on any atom is 0.160 e. The first kappa shape index (κ1) is 27.1. The second kappa shape index (κ2) is 14.0. The lowest BCUT2D eigenvalue weighted by Gasteiger charge is -2.35. The summed E-state index contributed by atoms with van der Waals surface area (Å²) in [7, 11) is -1.80. The standard InChI is InChI=1S/C10H16NO5P.C4H10.C2H2O4/c1-15-8-4-3-7(5-9(8)16-2)6-10(11)17(12,13)14;1-3-4-2;3-1(4)2(5)6/h3-5,10H,6,11H2,1-2H3,(H2,12,13,14);3-4H2,1-2H3;(H,3,4)(H,5,6)/p-4. The summed E-state index contributed by atoms with van der Waals surface area (Å²) in [6.45, 7) is 4.36. The van der Waals surface area contributed by atoms with Crippen LogP contribution >= 0.6 is 7.60 Å². The van der Waals surface area contributed by atoms with E-state index >= 15 is 0 Å². The van der Waals surface area contributed by atoms with Crippen molar-refractivity contribution in [3.63, 3.8) is 0 Å². The van der Waals surface area contributed by atoms with Crippen LogP contribution in [0.4, 0.5) is 0 Å². The lowest BCUT2D eigenvalue weighted by Crippen LogP contribution is -2.42. The van der Waals surface area contributed by atoms with Crippen molar-refractivity contribution in [2.24, 2.45) is 5.73 Å². The Morgan fingerprint density at radius 2 is 1.48 bits per heavy atom. The molecule has 0 spiro atoms. The Hall–Kier alpha value is -2.13. The summed E-state index contributed by atoms with van der Waals surface area (Å²) in [5.74, 6) is -4.81. The SMILES string of the molecule is CCCC.COc1ccc(CC(N)P(=O)([O-])[O-])cc1OC.O=C([O-])C(=O)[O-]. The molecule has 0 heterocycles. The van der Waals surface area contributed by atoms with E-state index in [9.17, 15) is 14.4 Å². The number of unbranched alkanes of at least 4 members (excludes halogenated alkanes) is 1. The summed E-state index contributed by atoms with van der Waals surface area (Å²) in [6.07, 6.45) is 2.59. The van der Waals surface area contributed by atoms with Crippen molar-refractivity contribution in [1.29, 1.82) is 0 Å². The number of carboxylic acid groups (broad SMARTS) is 2. The van der Waals surface area contributed by atoms with Crippen molar-refractivity contribution in [2.75, 3.05) is 14.2 Å². The molecule has 0 bridgehead atoms. The van der Waals surface area contributed by atoms with Gasteiger partial charge in [0, 0.05) is 5.78 Å². The molecular formula is C16H24NO9P-4. The molecular weight excluding hydrogens is 381 g/mol. The molecule has 0 amide bonds. The maximum atomic E-state index is 10.7. The summed E-state index contributed by atoms with van der Waals surface area (Å²) < 4.78 is 20.8. The van der Waals surface area contributed by atoms with Gasteiger partial charge in [-0.05, 0) is 24.1 Å². The highest BCUT2D eigenvalue weighted by Gasteiger charge is 2.10. The summed E-state index contributed by atoms with van der Waals surface area (Å²) in [6, 6.07) is 4.85. The molecule has 10 nitrogen and oxygen atoms in total. The van der Waals surface area contributed by atoms with Crippen LogP contribution in [-0.4, -0.2) is 31.9 Å². The Labute approximate surface area is 158 Å². The first-order valence-electron chi connectivity index (χ1n) is 7.84. The van der Waals surface area contributed by atoms with Gasteiger partial charge in [-0.3, -0.25) is 0 Å². The fourth-order valence-electron chi connectivity index (χ4n) is 1.36. The monoisotopic (exact) mass is 405 g/mol. The number of hydrogen-bond acceptors (Lipinski definition) is 10. The van der Waals surface area contributed by atoms with Gasteiger partial charge in [0.25, 0.3) is 0 Å². The zero-order valence-electron chi connectivity index (χ0n) is 15.6. The van der Waals surface area contributed by atoms with E-state index in [-0.39, 0.29) is 6.42 Å². The Kier molecular flexibility index (Phi) is 14.0. The van der Waals surface area contributed by atoms with Crippen LogP contribution in [0.25, 0.3) is 0 Å². The zero-order chi connectivity index (χ0) is 21.6. The third-order valence-electron chi connectivity index (χ3n) is 2.97. The Balaban J connectivity index is 0. The predicted octanol–water partition coefficient (Wildman–Crippen LogP) is -2.26. The average molecular weight is 405 g/mol. The summed E-state index contributed by atoms with van der Waals surface area (Å²) in [4.78, 5) is 39.3. The number of hydrogen-bond donors (Lipinski definition) is 1. The van der Waals surface area contributed by atoms with Crippen LogP contribution in [0.1, 0.15) is 32.3 Å². The molecule has 11 heteroatoms. The van der Waals surface area contributed by atoms with E-state index in [1.165, 1.54) is 27.1 Å². The molecule has 156 valence electrons. The second-order valence-electron chi connectivity index (χ2n) is 5.08. The van der Waals surface area contributed by atoms with Crippen molar-refractivity contribution in [2.45, 2.75) is 38.9 Å². The zero-order valence-corrected chi connectivity index (χ0v) is 16.5. The molecule has 2 N–H and O–H groups in total. The third kappa shape index (κ3) is 12.8. The Bertz CT molecular complexity index is 616. The molecule has 1 aromatic carbocycles. The van der Waals surface area contributed by atoms with Crippen LogP contribution in [0.3, 0.4) is 0 Å². The molecule has 1 unspecified atom stereocenters. The molecule has 0 aliphatic heterocycles. The Morgan fingerprint density at radius 1 is 1.04 bits per heavy atom. The van der Waals surface area contributed by atoms with E-state index in [1.54, 1.807) is 18.2 Å². The first-order chi connectivity index (χ1) is 12.4. The predicted molar refractivity (Wildman–Crippen MR) is 89.4 cm³/mol. The van der Waals surface area contributed by atoms with E-state index < -0.39 is 25.3 Å². The lowest BCUT2D eigenvalue weighted by molar-refractivity contribution is -0.345. The summed E-state index contributed by atoms with van der Waals surface area (Å²) in [5.41, 5.74) is 5.88. The van der Waals surface area contributed by atoms with Crippen molar-refractivity contribution in [3.8, 4) is 11.5 Å². The molecule has 0 aromatic heterocycles. The number of aliphatic carboxylic acids is 2. The van der Waals surface area contributed by atoms with Crippen LogP contribution in [-0.2, 0) is 20.6 Å². The smallest absolute Gasteiger partial charge is 0.160 e. The van der Waals surface area contributed by atoms with Gasteiger partial charge in [-0.1, -0.05) is 40.4 Å². The highest BCUT2D eigenvalue weighted by atomic mass is 31.2. The van der Waals surface area contributed by atoms with Gasteiger partial charge in [-0.25, -0.2) is 0 Å². The van der Waals surface area contributed by atoms with Crippen molar-refractivity contribution < 1.29 is 43.6 Å². The van der Waals surface area contributed by atoms with Crippen molar-refractivity contribution in [1.82, 2.24) is 0 Å². The topological polar surface area (TPSA) is 188 Å². The van der Waals surface area contributed by atoms with Crippen LogP contribution in [0, 0.1) is 0 Å². The molecule has 1 rings (SSSR count). The van der Waals surface area contributed by atoms with E-state index in [4.69, 9.17) is 35.0 Å². The second-order valence-corrected chi connectivity index (χ2v) is 6.82. The van der Waals surface area contributed by atoms with Crippen LogP contribution < -0.4 is 35.2 Å². The van der Waals surface area contributed by atoms with Crippen molar-refractivity contribution in [3.05, 3.63) is 23.8 Å². The molecule has 0 aliphatic rings. The molecule has 0 saturated heterocycles. The summed E-state index contributed by atoms with van der Waals surface area (Å²) in [5, 5.41) is 17.9. The molecule has 0 radical (unpaired) electrons. The highest BCUT2D eigenvalue weighted by Crippen LogP contribution is 2.32. The van der Waals surface area contributed by atoms with E-state index in [2.05, 4.69) is 13.8 Å². The van der Waals surface area contributed by atoms with Gasteiger partial charge in [0.05, 0.1) is 26.2 Å². The van der Waals surface area contributed by atoms with Gasteiger partial charge < -0.3 is 49.4 Å². The molecule has 1 aromatic rings. The number of carboxylic acids is 2. The minimum Gasteiger partial charge on any atom is -0.810 e. The van der Waals surface area contributed by atoms with Gasteiger partial charge in [-0.15, -0.1) is 0 Å². The minimum absolute atomic E-state index is 0.0510. The van der Waals surface area contributed by atoms with E-state index in [0.717, 1.165) is 0 Å². The van der Waals surface area contributed by atoms with Gasteiger partial charge >= 0.3 is 0 Å². The number of methoxy groups -OCH3 is 2. The largest absolute Gasteiger partial charge is 0.810 e. The molecule has 0 saturated carbocycles. The molecule has 27 heavy (non-hydrogen) atoms. The number of rotatable bonds is 6. The van der Waals surface area contributed by atoms with Gasteiger partial charge in [0.2, 0.25) is 0 Å². The number of carbonyl (C=O) groups excluding carboxylic acids is 2. The fourth-order valence-corrected chi connectivity index (χ4v) is 1.80. The van der Waals surface area contributed by atoms with Gasteiger partial charge in [-0.2, -0.15) is 0 Å². The van der Waals surface area contributed by atoms with Crippen LogP contribution in [0.15, 0.2) is 18.2 Å². The lowest BCUT2D eigenvalue weighted by atomic mass is 10.1. The highest BCUT2D eigenvalue weighted by molar-refractivity contribution is 7.49. The number of benzene rings is 1. The quantitative estimate of drug-likeness (QED) is 0.399. The molecule has 1 atom stereocenters. The Morgan fingerprint density at radius 3 is 1.78 bits per heavy atom. The third-order valence-corrected chi connectivity index (χ3v) is 3.96. The number of nitrogens with two attached hydrogens (primary N) is 1. The van der Waals surface area contributed by atoms with Crippen molar-refractivity contribution >= 4 is 19.5 Å². The number of ether oxygens (including phenoxy) is 2. The summed E-state index contributed by atoms with van der Waals surface area (Å²) >= 11 is 0. The van der Waals surface area contributed by atoms with Crippen LogP contribution in [0.5, 0.6) is 11.5 Å². The first-order valence-corrected chi connectivity index (χ1v) is 9.46. The normalized spacial score (nSPS) is 11.1. The van der Waals surface area contributed by atoms with Crippen LogP contribution in [0.2, 0.25) is 0 Å². The average Bonchev–Trinajstić information content (AvgIpc) is 2.61. The minimum atomic E-state index is -4.76. The van der Waals surface area contributed by atoms with Gasteiger partial charge in [0.1, 0.15) is 0 Å². The van der Waals surface area contributed by atoms with E-state index in [0.29, 0.717) is 17.1 Å². The number of carbonyl (C=O) groups is 2. The molecule has 0 fully saturated rings. The van der Waals surface area contributed by atoms with E-state index in [1.807, 2.05) is 0 Å². The molecule has 0 aliphatic carbocycles. The fraction of sp³-hybridized carbons (Fsp3) is 0.500. The maximum absolute atomic E-state index is 10.7. The van der Waals surface area contributed by atoms with Gasteiger partial charge in [0.15, 0.2) is 11.5 Å².